The minimum absolute atomic E-state index is 1.08. The van der Waals surface area contributed by atoms with Gasteiger partial charge in [0.15, 0.2) is 0 Å². The molecule has 21 heavy (non-hydrogen) atoms. The molecule has 127 valence electrons. The van der Waals surface area contributed by atoms with E-state index >= 15 is 0 Å². The Hall–Kier alpha value is 0.799. The zero-order valence-electron chi connectivity index (χ0n) is 15.8. The van der Waals surface area contributed by atoms with Crippen LogP contribution in [0.4, 0.5) is 0 Å². The van der Waals surface area contributed by atoms with Crippen molar-refractivity contribution in [1.29, 1.82) is 0 Å². The zero-order valence-corrected chi connectivity index (χ0v) is 18.7. The fourth-order valence-electron chi connectivity index (χ4n) is 3.67. The van der Waals surface area contributed by atoms with Crippen LogP contribution in [-0.4, -0.2) is 18.4 Å². The number of hydrogen-bond donors (Lipinski definition) is 0. The Labute approximate surface area is 140 Å². The van der Waals surface area contributed by atoms with Crippen molar-refractivity contribution in [2.75, 3.05) is 0 Å². The van der Waals surface area contributed by atoms with Crippen molar-refractivity contribution >= 4 is 18.4 Å². The molecule has 0 aliphatic heterocycles. The summed E-state index contributed by atoms with van der Waals surface area (Å²) in [5.74, 6) is 0. The Morgan fingerprint density at radius 3 is 1.52 bits per heavy atom. The first-order chi connectivity index (χ1) is 10.2. The standard InChI is InChI=1S/C8H16.3C4H9.Sn/c1-3-5-7-8-6-4-2;3*1-3-4-2;/h3,7H,4-6,8H2,1-2H3;3*1,3-4H2,2H3;. The average molecular weight is 402 g/mol. The van der Waals surface area contributed by atoms with E-state index in [1.165, 1.54) is 64.2 Å². The van der Waals surface area contributed by atoms with Gasteiger partial charge in [0.1, 0.15) is 0 Å². The molecule has 1 unspecified atom stereocenters. The van der Waals surface area contributed by atoms with E-state index in [1.807, 2.05) is 0 Å². The van der Waals surface area contributed by atoms with Gasteiger partial charge in [0.2, 0.25) is 0 Å². The number of rotatable bonds is 15. The van der Waals surface area contributed by atoms with Crippen LogP contribution in [0.3, 0.4) is 0 Å². The third kappa shape index (κ3) is 9.51. The quantitative estimate of drug-likeness (QED) is 0.192. The SMILES string of the molecule is CCCC[CH]C[CH](C)[Sn]([CH2]CCC)([CH2]CCC)[CH2]CCC. The maximum atomic E-state index is 2.64. The maximum absolute atomic E-state index is 2.64. The van der Waals surface area contributed by atoms with Crippen molar-refractivity contribution in [3.8, 4) is 0 Å². The third-order valence-electron chi connectivity index (χ3n) is 5.41. The van der Waals surface area contributed by atoms with Crippen LogP contribution in [0.15, 0.2) is 0 Å². The summed E-state index contributed by atoms with van der Waals surface area (Å²) in [5, 5.41) is 0. The van der Waals surface area contributed by atoms with Crippen molar-refractivity contribution in [1.82, 2.24) is 0 Å². The van der Waals surface area contributed by atoms with E-state index in [4.69, 9.17) is 0 Å². The Morgan fingerprint density at radius 2 is 1.14 bits per heavy atom. The molecule has 0 saturated carbocycles. The molecule has 0 aromatic rings. The van der Waals surface area contributed by atoms with Crippen molar-refractivity contribution in [3.05, 3.63) is 6.42 Å². The van der Waals surface area contributed by atoms with Crippen molar-refractivity contribution in [3.63, 3.8) is 0 Å². The van der Waals surface area contributed by atoms with Gasteiger partial charge in [0.05, 0.1) is 0 Å². The molecular weight excluding hydrogens is 359 g/mol. The molecule has 0 aliphatic rings. The average Bonchev–Trinajstić information content (AvgIpc) is 2.51. The van der Waals surface area contributed by atoms with Gasteiger partial charge < -0.3 is 0 Å². The molecule has 0 fully saturated rings. The molecule has 0 rings (SSSR count). The summed E-state index contributed by atoms with van der Waals surface area (Å²) in [7, 11) is 0. The third-order valence-corrected chi connectivity index (χ3v) is 23.6. The van der Waals surface area contributed by atoms with E-state index in [2.05, 4.69) is 41.0 Å². The van der Waals surface area contributed by atoms with Gasteiger partial charge in [-0.2, -0.15) is 0 Å². The molecule has 0 bridgehead atoms. The van der Waals surface area contributed by atoms with Crippen LogP contribution in [0.25, 0.3) is 0 Å². The minimum atomic E-state index is -1.91. The molecule has 0 spiro atoms. The van der Waals surface area contributed by atoms with Crippen LogP contribution in [0.1, 0.15) is 98.8 Å². The second kappa shape index (κ2) is 14.4. The van der Waals surface area contributed by atoms with Gasteiger partial charge in [-0.15, -0.1) is 0 Å². The summed E-state index contributed by atoms with van der Waals surface area (Å²) in [6.07, 6.45) is 17.0. The van der Waals surface area contributed by atoms with E-state index in [9.17, 15) is 0 Å². The second-order valence-electron chi connectivity index (χ2n) is 7.24. The molecule has 0 saturated heterocycles. The summed E-state index contributed by atoms with van der Waals surface area (Å²) in [4.78, 5) is 0. The van der Waals surface area contributed by atoms with Gasteiger partial charge in [-0.3, -0.25) is 0 Å². The summed E-state index contributed by atoms with van der Waals surface area (Å²) in [6.45, 7) is 12.1. The van der Waals surface area contributed by atoms with E-state index in [1.54, 1.807) is 13.3 Å². The molecule has 0 N–H and O–H groups in total. The number of hydrogen-bond acceptors (Lipinski definition) is 0. The topological polar surface area (TPSA) is 0 Å². The summed E-state index contributed by atoms with van der Waals surface area (Å²) >= 11 is -1.91. The van der Waals surface area contributed by atoms with Gasteiger partial charge >= 0.3 is 141 Å². The van der Waals surface area contributed by atoms with Crippen LogP contribution < -0.4 is 0 Å². The summed E-state index contributed by atoms with van der Waals surface area (Å²) in [6, 6.07) is 0. The Morgan fingerprint density at radius 1 is 0.714 bits per heavy atom. The van der Waals surface area contributed by atoms with Crippen molar-refractivity contribution < 1.29 is 0 Å². The molecule has 0 aromatic heterocycles. The van der Waals surface area contributed by atoms with Crippen LogP contribution in [0.2, 0.25) is 17.2 Å². The molecule has 0 amide bonds. The van der Waals surface area contributed by atoms with Gasteiger partial charge in [-0.1, -0.05) is 0 Å². The first kappa shape index (κ1) is 21.8. The molecular formula is C20H43Sn. The molecule has 1 heteroatoms. The van der Waals surface area contributed by atoms with Crippen LogP contribution >= 0.6 is 0 Å². The van der Waals surface area contributed by atoms with E-state index < -0.39 is 18.4 Å². The van der Waals surface area contributed by atoms with Crippen molar-refractivity contribution in [2.45, 2.75) is 116 Å². The first-order valence-corrected chi connectivity index (χ1v) is 17.7. The molecule has 0 aromatic carbocycles. The summed E-state index contributed by atoms with van der Waals surface area (Å²) in [5.41, 5.74) is 0. The monoisotopic (exact) mass is 403 g/mol. The van der Waals surface area contributed by atoms with Gasteiger partial charge in [-0.05, 0) is 0 Å². The zero-order chi connectivity index (χ0) is 16.0. The normalized spacial score (nSPS) is 13.6. The van der Waals surface area contributed by atoms with Crippen LogP contribution in [-0.2, 0) is 0 Å². The fourth-order valence-corrected chi connectivity index (χ4v) is 21.0. The molecule has 1 atom stereocenters. The number of unbranched alkanes of at least 4 members (excludes halogenated alkanes) is 6. The van der Waals surface area contributed by atoms with E-state index in [-0.39, 0.29) is 0 Å². The van der Waals surface area contributed by atoms with E-state index in [0.29, 0.717) is 0 Å². The van der Waals surface area contributed by atoms with Gasteiger partial charge in [-0.25, -0.2) is 0 Å². The predicted octanol–water partition coefficient (Wildman–Crippen LogP) is 8.01. The summed E-state index contributed by atoms with van der Waals surface area (Å²) < 4.78 is 6.11. The molecule has 0 nitrogen and oxygen atoms in total. The second-order valence-corrected chi connectivity index (χ2v) is 22.1. The molecule has 1 radical (unpaired) electrons. The molecule has 0 heterocycles. The Balaban J connectivity index is 4.65. The van der Waals surface area contributed by atoms with Gasteiger partial charge in [0, 0.05) is 0 Å². The fraction of sp³-hybridized carbons (Fsp3) is 0.950. The predicted molar refractivity (Wildman–Crippen MR) is 103 cm³/mol. The van der Waals surface area contributed by atoms with Crippen molar-refractivity contribution in [2.24, 2.45) is 0 Å². The Kier molecular flexibility index (Phi) is 14.9. The van der Waals surface area contributed by atoms with Gasteiger partial charge in [0.25, 0.3) is 0 Å². The molecule has 0 aliphatic carbocycles. The van der Waals surface area contributed by atoms with Crippen LogP contribution in [0.5, 0.6) is 0 Å². The first-order valence-electron chi connectivity index (χ1n) is 9.98. The van der Waals surface area contributed by atoms with Crippen LogP contribution in [0, 0.1) is 6.42 Å². The Bertz CT molecular complexity index is 190. The van der Waals surface area contributed by atoms with E-state index in [0.717, 1.165) is 3.93 Å².